The van der Waals surface area contributed by atoms with Gasteiger partial charge in [0.2, 0.25) is 0 Å². The van der Waals surface area contributed by atoms with E-state index in [0.717, 1.165) is 24.9 Å². The first-order valence-electron chi connectivity index (χ1n) is 6.63. The molecule has 0 saturated carbocycles. The number of nitrogens with one attached hydrogen (secondary N) is 1. The van der Waals surface area contributed by atoms with E-state index in [9.17, 15) is 0 Å². The van der Waals surface area contributed by atoms with Crippen LogP contribution in [0.5, 0.6) is 0 Å². The fourth-order valence-electron chi connectivity index (χ4n) is 1.93. The third-order valence-electron chi connectivity index (χ3n) is 3.43. The molecule has 0 aliphatic rings. The number of benzene rings is 1. The first-order chi connectivity index (χ1) is 8.90. The van der Waals surface area contributed by atoms with E-state index in [-0.39, 0.29) is 11.6 Å². The van der Waals surface area contributed by atoms with Gasteiger partial charge in [-0.1, -0.05) is 36.2 Å². The van der Waals surface area contributed by atoms with Crippen molar-refractivity contribution in [3.05, 3.63) is 33.8 Å². The van der Waals surface area contributed by atoms with E-state index in [1.165, 1.54) is 0 Å². The van der Waals surface area contributed by atoms with Crippen LogP contribution in [0.25, 0.3) is 0 Å². The van der Waals surface area contributed by atoms with Crippen LogP contribution < -0.4 is 5.32 Å². The summed E-state index contributed by atoms with van der Waals surface area (Å²) in [5, 5.41) is 4.73. The molecule has 108 valence electrons. The van der Waals surface area contributed by atoms with E-state index in [0.29, 0.717) is 10.0 Å². The summed E-state index contributed by atoms with van der Waals surface area (Å²) in [7, 11) is 1.75. The Bertz CT molecular complexity index is 407. The maximum atomic E-state index is 6.07. The number of halogens is 2. The molecule has 1 unspecified atom stereocenters. The largest absolute Gasteiger partial charge is 0.377 e. The molecule has 1 rings (SSSR count). The van der Waals surface area contributed by atoms with Gasteiger partial charge in [-0.15, -0.1) is 0 Å². The molecule has 4 heteroatoms. The molecule has 0 fully saturated rings. The molecule has 1 aromatic rings. The first-order valence-corrected chi connectivity index (χ1v) is 7.38. The number of hydrogen-bond donors (Lipinski definition) is 1. The van der Waals surface area contributed by atoms with E-state index in [2.05, 4.69) is 26.1 Å². The highest BCUT2D eigenvalue weighted by molar-refractivity contribution is 6.42. The Morgan fingerprint density at radius 2 is 1.95 bits per heavy atom. The van der Waals surface area contributed by atoms with E-state index in [1.807, 2.05) is 18.2 Å². The fourth-order valence-corrected chi connectivity index (χ4v) is 2.25. The summed E-state index contributed by atoms with van der Waals surface area (Å²) >= 11 is 12.0. The average molecular weight is 304 g/mol. The second kappa shape index (κ2) is 7.49. The normalized spacial score (nSPS) is 13.6. The molecular weight excluding hydrogens is 281 g/mol. The van der Waals surface area contributed by atoms with Gasteiger partial charge in [-0.3, -0.25) is 0 Å². The number of rotatable bonds is 7. The molecule has 0 heterocycles. The summed E-state index contributed by atoms with van der Waals surface area (Å²) in [6, 6.07) is 6.02. The van der Waals surface area contributed by atoms with Gasteiger partial charge in [0, 0.05) is 13.2 Å². The van der Waals surface area contributed by atoms with Gasteiger partial charge in [-0.25, -0.2) is 0 Å². The second-order valence-corrected chi connectivity index (χ2v) is 6.08. The van der Waals surface area contributed by atoms with Crippen molar-refractivity contribution in [3.63, 3.8) is 0 Å². The van der Waals surface area contributed by atoms with Gasteiger partial charge >= 0.3 is 0 Å². The summed E-state index contributed by atoms with van der Waals surface area (Å²) in [5.41, 5.74) is 0.925. The van der Waals surface area contributed by atoms with Crippen molar-refractivity contribution in [1.82, 2.24) is 5.32 Å². The van der Waals surface area contributed by atoms with Crippen molar-refractivity contribution in [2.45, 2.75) is 45.3 Å². The Labute approximate surface area is 126 Å². The molecule has 1 aromatic carbocycles. The minimum absolute atomic E-state index is 0.231. The lowest BCUT2D eigenvalue weighted by Crippen LogP contribution is -2.49. The highest BCUT2D eigenvalue weighted by Gasteiger charge is 2.28. The van der Waals surface area contributed by atoms with Gasteiger partial charge in [-0.2, -0.15) is 0 Å². The maximum absolute atomic E-state index is 6.07. The van der Waals surface area contributed by atoms with Crippen LogP contribution in [0.15, 0.2) is 18.2 Å². The smallest absolute Gasteiger partial charge is 0.0778 e. The third-order valence-corrected chi connectivity index (χ3v) is 4.17. The molecule has 1 atom stereocenters. The zero-order valence-corrected chi connectivity index (χ0v) is 13.6. The lowest BCUT2D eigenvalue weighted by Gasteiger charge is -2.34. The Kier molecular flexibility index (Phi) is 6.61. The summed E-state index contributed by atoms with van der Waals surface area (Å²) in [4.78, 5) is 0. The van der Waals surface area contributed by atoms with Crippen molar-refractivity contribution in [1.29, 1.82) is 0 Å². The second-order valence-electron chi connectivity index (χ2n) is 5.27. The molecular formula is C15H23Cl2NO. The first kappa shape index (κ1) is 16.8. The Balaban J connectivity index is 2.84. The van der Waals surface area contributed by atoms with Crippen molar-refractivity contribution in [2.75, 3.05) is 13.7 Å². The number of ether oxygens (including phenoxy) is 1. The van der Waals surface area contributed by atoms with Crippen LogP contribution >= 0.6 is 23.2 Å². The van der Waals surface area contributed by atoms with E-state index < -0.39 is 0 Å². The minimum Gasteiger partial charge on any atom is -0.377 e. The molecule has 0 aromatic heterocycles. The van der Waals surface area contributed by atoms with Crippen molar-refractivity contribution in [3.8, 4) is 0 Å². The SMILES string of the molecule is CCCNC(Cc1ccc(Cl)c(Cl)c1)C(C)(C)OC. The van der Waals surface area contributed by atoms with Gasteiger partial charge in [-0.05, 0) is 50.9 Å². The van der Waals surface area contributed by atoms with Gasteiger partial charge in [0.05, 0.1) is 15.6 Å². The lowest BCUT2D eigenvalue weighted by molar-refractivity contribution is -0.00997. The standard InChI is InChI=1S/C15H23Cl2NO/c1-5-8-18-14(15(2,3)19-4)10-11-6-7-12(16)13(17)9-11/h6-7,9,14,18H,5,8,10H2,1-4H3. The van der Waals surface area contributed by atoms with E-state index in [4.69, 9.17) is 27.9 Å². The van der Waals surface area contributed by atoms with Crippen molar-refractivity contribution in [2.24, 2.45) is 0 Å². The summed E-state index contributed by atoms with van der Waals surface area (Å²) in [5.74, 6) is 0. The van der Waals surface area contributed by atoms with Gasteiger partial charge in [0.15, 0.2) is 0 Å². The average Bonchev–Trinajstić information content (AvgIpc) is 2.38. The van der Waals surface area contributed by atoms with Gasteiger partial charge < -0.3 is 10.1 Å². The van der Waals surface area contributed by atoms with Crippen molar-refractivity contribution < 1.29 is 4.74 Å². The Morgan fingerprint density at radius 3 is 2.47 bits per heavy atom. The minimum atomic E-state index is -0.235. The fraction of sp³-hybridized carbons (Fsp3) is 0.600. The number of methoxy groups -OCH3 is 1. The van der Waals surface area contributed by atoms with E-state index in [1.54, 1.807) is 7.11 Å². The van der Waals surface area contributed by atoms with Crippen LogP contribution in [0.4, 0.5) is 0 Å². The maximum Gasteiger partial charge on any atom is 0.0778 e. The topological polar surface area (TPSA) is 21.3 Å². The number of hydrogen-bond acceptors (Lipinski definition) is 2. The van der Waals surface area contributed by atoms with Crippen molar-refractivity contribution >= 4 is 23.2 Å². The summed E-state index contributed by atoms with van der Waals surface area (Å²) < 4.78 is 5.60. The predicted molar refractivity (Wildman–Crippen MR) is 83.3 cm³/mol. The van der Waals surface area contributed by atoms with Crippen LogP contribution in [-0.2, 0) is 11.2 Å². The lowest BCUT2D eigenvalue weighted by atomic mass is 9.92. The molecule has 1 N–H and O–H groups in total. The van der Waals surface area contributed by atoms with E-state index >= 15 is 0 Å². The highest BCUT2D eigenvalue weighted by Crippen LogP contribution is 2.25. The summed E-state index contributed by atoms with van der Waals surface area (Å²) in [6.07, 6.45) is 1.95. The Morgan fingerprint density at radius 1 is 1.26 bits per heavy atom. The van der Waals surface area contributed by atoms with Crippen LogP contribution in [-0.4, -0.2) is 25.3 Å². The monoisotopic (exact) mass is 303 g/mol. The molecule has 0 spiro atoms. The Hall–Kier alpha value is -0.280. The molecule has 0 radical (unpaired) electrons. The van der Waals surface area contributed by atoms with Crippen LogP contribution in [0.2, 0.25) is 10.0 Å². The molecule has 0 saturated heterocycles. The molecule has 2 nitrogen and oxygen atoms in total. The van der Waals surface area contributed by atoms with Gasteiger partial charge in [0.25, 0.3) is 0 Å². The zero-order chi connectivity index (χ0) is 14.5. The summed E-state index contributed by atoms with van der Waals surface area (Å²) in [6.45, 7) is 7.32. The predicted octanol–water partition coefficient (Wildman–Crippen LogP) is 4.33. The quantitative estimate of drug-likeness (QED) is 0.809. The zero-order valence-electron chi connectivity index (χ0n) is 12.1. The van der Waals surface area contributed by atoms with Crippen LogP contribution in [0.3, 0.4) is 0 Å². The third kappa shape index (κ3) is 4.96. The molecule has 0 aliphatic heterocycles. The van der Waals surface area contributed by atoms with Gasteiger partial charge in [0.1, 0.15) is 0 Å². The molecule has 0 amide bonds. The highest BCUT2D eigenvalue weighted by atomic mass is 35.5. The van der Waals surface area contributed by atoms with Crippen LogP contribution in [0.1, 0.15) is 32.8 Å². The molecule has 19 heavy (non-hydrogen) atoms. The van der Waals surface area contributed by atoms with Crippen LogP contribution in [0, 0.1) is 0 Å². The molecule has 0 aliphatic carbocycles. The molecule has 0 bridgehead atoms.